The molecule has 9 heteroatoms. The molecule has 0 saturated heterocycles. The average Bonchev–Trinajstić information content (AvgIpc) is 2.26. The molecular formula is C9H7O8P. The third-order valence-electron chi connectivity index (χ3n) is 2.06. The zero-order valence-corrected chi connectivity index (χ0v) is 9.58. The van der Waals surface area contributed by atoms with E-state index >= 15 is 0 Å². The van der Waals surface area contributed by atoms with E-state index in [0.29, 0.717) is 12.1 Å². The molecule has 0 aliphatic heterocycles. The van der Waals surface area contributed by atoms with Crippen LogP contribution < -0.4 is 5.30 Å². The predicted molar refractivity (Wildman–Crippen MR) is 58.2 cm³/mol. The summed E-state index contributed by atoms with van der Waals surface area (Å²) in [6.07, 6.45) is 0. The largest absolute Gasteiger partial charge is 0.478 e. The molecule has 4 N–H and O–H groups in total. The van der Waals surface area contributed by atoms with E-state index in [1.54, 1.807) is 0 Å². The molecule has 1 atom stereocenters. The predicted octanol–water partition coefficient (Wildman–Crippen LogP) is -0.127. The fourth-order valence-corrected chi connectivity index (χ4v) is 2.15. The van der Waals surface area contributed by atoms with Crippen molar-refractivity contribution < 1.29 is 39.2 Å². The molecule has 0 saturated carbocycles. The Morgan fingerprint density at radius 1 is 0.889 bits per heavy atom. The van der Waals surface area contributed by atoms with Crippen molar-refractivity contribution in [2.24, 2.45) is 0 Å². The monoisotopic (exact) mass is 274 g/mol. The Morgan fingerprint density at radius 3 is 1.50 bits per heavy atom. The molecule has 1 aromatic rings. The van der Waals surface area contributed by atoms with Gasteiger partial charge in [-0.2, -0.15) is 0 Å². The van der Waals surface area contributed by atoms with Crippen molar-refractivity contribution >= 4 is 31.2 Å². The van der Waals surface area contributed by atoms with Gasteiger partial charge in [0.25, 0.3) is 0 Å². The van der Waals surface area contributed by atoms with E-state index in [2.05, 4.69) is 0 Å². The van der Waals surface area contributed by atoms with Crippen LogP contribution in [0.4, 0.5) is 0 Å². The van der Waals surface area contributed by atoms with Crippen LogP contribution in [0.5, 0.6) is 0 Å². The van der Waals surface area contributed by atoms with Crippen LogP contribution in [0.25, 0.3) is 0 Å². The van der Waals surface area contributed by atoms with Crippen LogP contribution in [-0.2, 0) is 4.57 Å². The number of rotatable bonds is 4. The standard InChI is InChI=1S/C9H7O8P/c10-7(11)3-1-4(8(12)13)6(18(16)17)5(2-3)9(14)15/h1-2,18H,(H,10,11)(H,12,13)(H,14,15)(H,16,17). The first-order valence-electron chi connectivity index (χ1n) is 4.37. The van der Waals surface area contributed by atoms with Gasteiger partial charge < -0.3 is 20.2 Å². The third-order valence-corrected chi connectivity index (χ3v) is 3.03. The normalized spacial score (nSPS) is 11.8. The van der Waals surface area contributed by atoms with E-state index in [0.717, 1.165) is 0 Å². The van der Waals surface area contributed by atoms with E-state index in [9.17, 15) is 18.9 Å². The Hall–Kier alpha value is -2.18. The van der Waals surface area contributed by atoms with Crippen LogP contribution in [0.15, 0.2) is 12.1 Å². The molecule has 0 aromatic heterocycles. The van der Waals surface area contributed by atoms with Crippen molar-refractivity contribution in [3.8, 4) is 0 Å². The summed E-state index contributed by atoms with van der Waals surface area (Å²) >= 11 is 0. The highest BCUT2D eigenvalue weighted by Crippen LogP contribution is 2.22. The second-order valence-electron chi connectivity index (χ2n) is 3.17. The van der Waals surface area contributed by atoms with Gasteiger partial charge in [-0.3, -0.25) is 4.57 Å². The lowest BCUT2D eigenvalue weighted by atomic mass is 10.1. The lowest BCUT2D eigenvalue weighted by Gasteiger charge is -2.08. The number of benzene rings is 1. The van der Waals surface area contributed by atoms with Gasteiger partial charge in [-0.15, -0.1) is 0 Å². The molecule has 0 bridgehead atoms. The molecule has 0 heterocycles. The molecule has 0 aliphatic rings. The lowest BCUT2D eigenvalue weighted by Crippen LogP contribution is -2.21. The summed E-state index contributed by atoms with van der Waals surface area (Å²) in [5.41, 5.74) is -2.20. The Kier molecular flexibility index (Phi) is 3.85. The van der Waals surface area contributed by atoms with E-state index in [-0.39, 0.29) is 0 Å². The molecule has 1 unspecified atom stereocenters. The number of carbonyl (C=O) groups is 3. The van der Waals surface area contributed by atoms with Crippen molar-refractivity contribution in [2.45, 2.75) is 0 Å². The SMILES string of the molecule is O=C(O)c1cc(C(=O)O)c([PH](=O)O)c(C(=O)O)c1. The minimum Gasteiger partial charge on any atom is -0.478 e. The number of carboxylic acid groups (broad SMARTS) is 3. The first-order chi connectivity index (χ1) is 8.25. The van der Waals surface area contributed by atoms with E-state index in [1.807, 2.05) is 0 Å². The molecule has 0 fully saturated rings. The van der Waals surface area contributed by atoms with E-state index in [4.69, 9.17) is 20.2 Å². The minimum absolute atomic E-state index is 0.586. The van der Waals surface area contributed by atoms with Crippen LogP contribution in [0.2, 0.25) is 0 Å². The van der Waals surface area contributed by atoms with Crippen molar-refractivity contribution in [2.75, 3.05) is 0 Å². The first-order valence-corrected chi connectivity index (χ1v) is 5.72. The van der Waals surface area contributed by atoms with Crippen molar-refractivity contribution in [3.63, 3.8) is 0 Å². The molecule has 1 aromatic carbocycles. The van der Waals surface area contributed by atoms with Gasteiger partial charge in [0.1, 0.15) is 0 Å². The van der Waals surface area contributed by atoms with Gasteiger partial charge >= 0.3 is 17.9 Å². The number of hydrogen-bond acceptors (Lipinski definition) is 4. The Bertz CT molecular complexity index is 541. The number of hydrogen-bond donors (Lipinski definition) is 4. The molecule has 8 nitrogen and oxygen atoms in total. The van der Waals surface area contributed by atoms with Crippen molar-refractivity contribution in [1.82, 2.24) is 0 Å². The van der Waals surface area contributed by atoms with Crippen molar-refractivity contribution in [1.29, 1.82) is 0 Å². The van der Waals surface area contributed by atoms with Crippen LogP contribution in [0.1, 0.15) is 31.1 Å². The molecule has 0 amide bonds. The van der Waals surface area contributed by atoms with Gasteiger partial charge in [-0.1, -0.05) is 0 Å². The van der Waals surface area contributed by atoms with Crippen LogP contribution in [-0.4, -0.2) is 38.1 Å². The highest BCUT2D eigenvalue weighted by Gasteiger charge is 2.24. The molecule has 1 rings (SSSR count). The third kappa shape index (κ3) is 2.55. The van der Waals surface area contributed by atoms with Gasteiger partial charge in [0.15, 0.2) is 0 Å². The fourth-order valence-electron chi connectivity index (χ4n) is 1.33. The highest BCUT2D eigenvalue weighted by molar-refractivity contribution is 7.47. The van der Waals surface area contributed by atoms with E-state index in [1.165, 1.54) is 0 Å². The average molecular weight is 274 g/mol. The minimum atomic E-state index is -3.61. The molecule has 18 heavy (non-hydrogen) atoms. The summed E-state index contributed by atoms with van der Waals surface area (Å²) in [6, 6.07) is 1.29. The quantitative estimate of drug-likeness (QED) is 0.554. The van der Waals surface area contributed by atoms with Crippen LogP contribution in [0.3, 0.4) is 0 Å². The maximum absolute atomic E-state index is 11.0. The molecule has 0 radical (unpaired) electrons. The second-order valence-corrected chi connectivity index (χ2v) is 4.28. The maximum Gasteiger partial charge on any atom is 0.336 e. The fraction of sp³-hybridized carbons (Fsp3) is 0. The van der Waals surface area contributed by atoms with Crippen LogP contribution >= 0.6 is 8.03 Å². The van der Waals surface area contributed by atoms with Gasteiger partial charge in [-0.05, 0) is 12.1 Å². The second kappa shape index (κ2) is 4.99. The maximum atomic E-state index is 11.0. The topological polar surface area (TPSA) is 149 Å². The Labute approximate surface area is 100.0 Å². The summed E-state index contributed by atoms with van der Waals surface area (Å²) in [5.74, 6) is -4.89. The summed E-state index contributed by atoms with van der Waals surface area (Å²) < 4.78 is 11.0. The summed E-state index contributed by atoms with van der Waals surface area (Å²) in [4.78, 5) is 41.4. The van der Waals surface area contributed by atoms with Gasteiger partial charge in [0, 0.05) is 0 Å². The van der Waals surface area contributed by atoms with Gasteiger partial charge in [0.2, 0.25) is 8.03 Å². The lowest BCUT2D eigenvalue weighted by molar-refractivity contribution is 0.0696. The molecular weight excluding hydrogens is 267 g/mol. The van der Waals surface area contributed by atoms with Crippen LogP contribution in [0, 0.1) is 0 Å². The summed E-state index contributed by atoms with van der Waals surface area (Å²) in [7, 11) is -3.61. The smallest absolute Gasteiger partial charge is 0.336 e. The number of carboxylic acids is 3. The highest BCUT2D eigenvalue weighted by atomic mass is 31.1. The first kappa shape index (κ1) is 13.9. The van der Waals surface area contributed by atoms with Gasteiger partial charge in [0.05, 0.1) is 22.0 Å². The molecule has 0 spiro atoms. The summed E-state index contributed by atoms with van der Waals surface area (Å²) in [6.45, 7) is 0. The number of aromatic carboxylic acids is 3. The Morgan fingerprint density at radius 2 is 1.28 bits per heavy atom. The molecule has 0 aliphatic carbocycles. The summed E-state index contributed by atoms with van der Waals surface area (Å²) in [5, 5.41) is 25.6. The molecule has 96 valence electrons. The zero-order valence-electron chi connectivity index (χ0n) is 8.58. The van der Waals surface area contributed by atoms with E-state index < -0.39 is 47.9 Å². The van der Waals surface area contributed by atoms with Gasteiger partial charge in [-0.25, -0.2) is 14.4 Å². The van der Waals surface area contributed by atoms with Crippen molar-refractivity contribution in [3.05, 3.63) is 28.8 Å². The Balaban J connectivity index is 3.76. The zero-order chi connectivity index (χ0) is 14.0.